The summed E-state index contributed by atoms with van der Waals surface area (Å²) in [5, 5.41) is 24.1. The summed E-state index contributed by atoms with van der Waals surface area (Å²) in [6.45, 7) is 7.17. The van der Waals surface area contributed by atoms with Crippen LogP contribution in [-0.4, -0.2) is 43.2 Å². The summed E-state index contributed by atoms with van der Waals surface area (Å²) in [4.78, 5) is 36.9. The molecule has 0 unspecified atom stereocenters. The van der Waals surface area contributed by atoms with E-state index < -0.39 is 11.4 Å². The smallest absolute Gasteiger partial charge is 0.303 e. The highest BCUT2D eigenvalue weighted by atomic mass is 16.5. The van der Waals surface area contributed by atoms with Gasteiger partial charge in [-0.2, -0.15) is 5.26 Å². The molecule has 0 saturated heterocycles. The number of aryl methyl sites for hydroxylation is 1. The molecule has 2 aromatic carbocycles. The Bertz CT molecular complexity index is 1230. The molecule has 1 aliphatic rings. The molecule has 3 N–H and O–H groups in total. The summed E-state index contributed by atoms with van der Waals surface area (Å²) in [7, 11) is 1.58. The molecule has 2 amide bonds. The Morgan fingerprint density at radius 3 is 2.54 bits per heavy atom. The Balaban J connectivity index is 1.83. The van der Waals surface area contributed by atoms with Gasteiger partial charge in [-0.1, -0.05) is 32.9 Å². The van der Waals surface area contributed by atoms with Crippen LogP contribution < -0.4 is 10.6 Å². The molecule has 0 aromatic heterocycles. The van der Waals surface area contributed by atoms with Crippen LogP contribution in [0.15, 0.2) is 36.4 Å². The zero-order valence-electron chi connectivity index (χ0n) is 21.9. The molecule has 37 heavy (non-hydrogen) atoms. The van der Waals surface area contributed by atoms with Crippen LogP contribution in [0.1, 0.15) is 79.1 Å². The van der Waals surface area contributed by atoms with E-state index in [0.29, 0.717) is 42.8 Å². The van der Waals surface area contributed by atoms with Gasteiger partial charge in [-0.3, -0.25) is 14.4 Å². The molecule has 8 heteroatoms. The zero-order valence-corrected chi connectivity index (χ0v) is 21.9. The van der Waals surface area contributed by atoms with Gasteiger partial charge in [0.25, 0.3) is 5.91 Å². The lowest BCUT2D eigenvalue weighted by Crippen LogP contribution is -2.29. The Hall–Kier alpha value is -3.70. The average Bonchev–Trinajstić information content (AvgIpc) is 3.03. The van der Waals surface area contributed by atoms with E-state index in [-0.39, 0.29) is 30.1 Å². The first-order valence-corrected chi connectivity index (χ1v) is 12.5. The maximum Gasteiger partial charge on any atom is 0.303 e. The monoisotopic (exact) mass is 505 g/mol. The van der Waals surface area contributed by atoms with E-state index in [9.17, 15) is 19.6 Å². The zero-order chi connectivity index (χ0) is 27.2. The van der Waals surface area contributed by atoms with Gasteiger partial charge >= 0.3 is 5.97 Å². The minimum Gasteiger partial charge on any atom is -0.481 e. The van der Waals surface area contributed by atoms with Gasteiger partial charge in [0.2, 0.25) is 5.91 Å². The van der Waals surface area contributed by atoms with Crippen molar-refractivity contribution < 1.29 is 24.2 Å². The molecule has 0 spiro atoms. The van der Waals surface area contributed by atoms with Crippen LogP contribution in [-0.2, 0) is 31.6 Å². The van der Waals surface area contributed by atoms with Crippen LogP contribution in [0.5, 0.6) is 0 Å². The SMILES string of the molecule is COCCNC(=O)c1ccc2c(c1)[C@@](C)(CC(=O)Nc1cc(C#N)ccc1CCCC(=O)O)CC2(C)C. The van der Waals surface area contributed by atoms with Gasteiger partial charge < -0.3 is 20.5 Å². The highest BCUT2D eigenvalue weighted by Gasteiger charge is 2.46. The molecule has 8 nitrogen and oxygen atoms in total. The molecule has 0 saturated carbocycles. The van der Waals surface area contributed by atoms with Gasteiger partial charge in [-0.05, 0) is 65.6 Å². The fourth-order valence-electron chi connectivity index (χ4n) is 5.43. The Morgan fingerprint density at radius 1 is 1.11 bits per heavy atom. The van der Waals surface area contributed by atoms with Crippen LogP contribution >= 0.6 is 0 Å². The number of nitriles is 1. The van der Waals surface area contributed by atoms with Gasteiger partial charge in [-0.25, -0.2) is 0 Å². The highest BCUT2D eigenvalue weighted by Crippen LogP contribution is 2.51. The van der Waals surface area contributed by atoms with Crippen molar-refractivity contribution in [3.63, 3.8) is 0 Å². The minimum absolute atomic E-state index is 0.0265. The lowest BCUT2D eigenvalue weighted by Gasteiger charge is -2.27. The highest BCUT2D eigenvalue weighted by molar-refractivity contribution is 5.95. The second-order valence-corrected chi connectivity index (χ2v) is 10.6. The van der Waals surface area contributed by atoms with Crippen molar-refractivity contribution in [2.45, 2.75) is 63.7 Å². The average molecular weight is 506 g/mol. The van der Waals surface area contributed by atoms with Crippen molar-refractivity contribution in [1.82, 2.24) is 5.32 Å². The molecule has 1 aliphatic carbocycles. The van der Waals surface area contributed by atoms with E-state index in [1.165, 1.54) is 0 Å². The number of rotatable bonds is 11. The third-order valence-electron chi connectivity index (χ3n) is 6.99. The minimum atomic E-state index is -0.874. The summed E-state index contributed by atoms with van der Waals surface area (Å²) < 4.78 is 5.01. The van der Waals surface area contributed by atoms with E-state index in [4.69, 9.17) is 9.84 Å². The van der Waals surface area contributed by atoms with Crippen LogP contribution in [0.2, 0.25) is 0 Å². The van der Waals surface area contributed by atoms with E-state index in [2.05, 4.69) is 30.6 Å². The van der Waals surface area contributed by atoms with E-state index >= 15 is 0 Å². The molecule has 0 fully saturated rings. The van der Waals surface area contributed by atoms with Gasteiger partial charge in [0.05, 0.1) is 18.2 Å². The number of nitrogens with zero attached hydrogens (tertiary/aromatic N) is 1. The van der Waals surface area contributed by atoms with Crippen LogP contribution in [0, 0.1) is 11.3 Å². The fourth-order valence-corrected chi connectivity index (χ4v) is 5.43. The maximum atomic E-state index is 13.3. The second-order valence-electron chi connectivity index (χ2n) is 10.6. The number of carbonyl (C=O) groups is 3. The Kier molecular flexibility index (Phi) is 8.72. The maximum absolute atomic E-state index is 13.3. The van der Waals surface area contributed by atoms with Gasteiger partial charge in [0.1, 0.15) is 0 Å². The molecule has 3 rings (SSSR count). The lowest BCUT2D eigenvalue weighted by molar-refractivity contribution is -0.137. The topological polar surface area (TPSA) is 129 Å². The number of benzene rings is 2. The summed E-state index contributed by atoms with van der Waals surface area (Å²) in [6.07, 6.45) is 1.87. The molecule has 0 bridgehead atoms. The van der Waals surface area contributed by atoms with Crippen molar-refractivity contribution in [1.29, 1.82) is 5.26 Å². The first-order chi connectivity index (χ1) is 17.5. The number of anilines is 1. The molecule has 0 radical (unpaired) electrons. The number of ether oxygens (including phenoxy) is 1. The van der Waals surface area contributed by atoms with Gasteiger partial charge in [-0.15, -0.1) is 0 Å². The number of amides is 2. The number of carboxylic acids is 1. The third kappa shape index (κ3) is 6.75. The molecule has 0 aliphatic heterocycles. The lowest BCUT2D eigenvalue weighted by atomic mass is 9.77. The molecular formula is C29H35N3O5. The summed E-state index contributed by atoms with van der Waals surface area (Å²) >= 11 is 0. The molecule has 1 atom stereocenters. The van der Waals surface area contributed by atoms with Crippen molar-refractivity contribution in [3.05, 3.63) is 64.2 Å². The normalized spacial score (nSPS) is 17.5. The number of hydrogen-bond donors (Lipinski definition) is 3. The van der Waals surface area contributed by atoms with Gasteiger partial charge in [0, 0.05) is 43.2 Å². The number of fused-ring (bicyclic) bond motifs is 1. The number of methoxy groups -OCH3 is 1. The number of carbonyl (C=O) groups excluding carboxylic acids is 2. The summed E-state index contributed by atoms with van der Waals surface area (Å²) in [5.74, 6) is -1.26. The summed E-state index contributed by atoms with van der Waals surface area (Å²) in [5.41, 5.74) is 3.72. The van der Waals surface area contributed by atoms with Gasteiger partial charge in [0.15, 0.2) is 0 Å². The van der Waals surface area contributed by atoms with Crippen LogP contribution in [0.3, 0.4) is 0 Å². The Morgan fingerprint density at radius 2 is 1.86 bits per heavy atom. The molecule has 0 heterocycles. The number of aliphatic carboxylic acids is 1. The summed E-state index contributed by atoms with van der Waals surface area (Å²) in [6, 6.07) is 12.9. The van der Waals surface area contributed by atoms with E-state index in [0.717, 1.165) is 23.1 Å². The number of hydrogen-bond acceptors (Lipinski definition) is 5. The first kappa shape index (κ1) is 27.9. The van der Waals surface area contributed by atoms with E-state index in [1.807, 2.05) is 25.1 Å². The number of nitrogens with one attached hydrogen (secondary N) is 2. The van der Waals surface area contributed by atoms with Crippen LogP contribution in [0.25, 0.3) is 0 Å². The molecule has 2 aromatic rings. The Labute approximate surface area is 218 Å². The fraction of sp³-hybridized carbons (Fsp3) is 0.448. The predicted octanol–water partition coefficient (Wildman–Crippen LogP) is 4.31. The largest absolute Gasteiger partial charge is 0.481 e. The molecular weight excluding hydrogens is 470 g/mol. The standard InChI is InChI=1S/C29H35N3O5/c1-28(2)18-29(3,23-15-21(10-11-22(23)28)27(36)31-12-13-37-4)16-25(33)32-24-14-19(17-30)8-9-20(24)6-5-7-26(34)35/h8-11,14-15H,5-7,12-13,16,18H2,1-4H3,(H,31,36)(H,32,33)(H,34,35)/t29-/m0/s1. The predicted molar refractivity (Wildman–Crippen MR) is 141 cm³/mol. The molecule has 196 valence electrons. The van der Waals surface area contributed by atoms with E-state index in [1.54, 1.807) is 25.3 Å². The van der Waals surface area contributed by atoms with Crippen molar-refractivity contribution in [2.75, 3.05) is 25.6 Å². The van der Waals surface area contributed by atoms with Crippen molar-refractivity contribution >= 4 is 23.5 Å². The first-order valence-electron chi connectivity index (χ1n) is 12.5. The second kappa shape index (κ2) is 11.6. The third-order valence-corrected chi connectivity index (χ3v) is 6.99. The van der Waals surface area contributed by atoms with Crippen molar-refractivity contribution in [2.24, 2.45) is 0 Å². The quantitative estimate of drug-likeness (QED) is 0.391. The van der Waals surface area contributed by atoms with Crippen LogP contribution in [0.4, 0.5) is 5.69 Å². The van der Waals surface area contributed by atoms with Crippen molar-refractivity contribution in [3.8, 4) is 6.07 Å². The number of carboxylic acid groups (broad SMARTS) is 1.